The van der Waals surface area contributed by atoms with Crippen molar-refractivity contribution in [1.29, 1.82) is 0 Å². The van der Waals surface area contributed by atoms with E-state index in [0.29, 0.717) is 6.10 Å². The van der Waals surface area contributed by atoms with Gasteiger partial charge < -0.3 is 14.8 Å². The summed E-state index contributed by atoms with van der Waals surface area (Å²) in [5.74, 6) is 0.725. The second-order valence-electron chi connectivity index (χ2n) is 6.15. The van der Waals surface area contributed by atoms with Crippen molar-refractivity contribution >= 4 is 0 Å². The predicted molar refractivity (Wildman–Crippen MR) is 75.9 cm³/mol. The first-order valence-electron chi connectivity index (χ1n) is 7.50. The molecule has 0 atom stereocenters. The van der Waals surface area contributed by atoms with Crippen molar-refractivity contribution in [2.24, 2.45) is 5.92 Å². The quantitative estimate of drug-likeness (QED) is 0.610. The van der Waals surface area contributed by atoms with Gasteiger partial charge in [-0.3, -0.25) is 0 Å². The number of ether oxygens (including phenoxy) is 2. The topological polar surface area (TPSA) is 30.5 Å². The van der Waals surface area contributed by atoms with E-state index in [0.717, 1.165) is 38.6 Å². The molecule has 0 aliphatic heterocycles. The van der Waals surface area contributed by atoms with Gasteiger partial charge in [-0.05, 0) is 58.5 Å². The van der Waals surface area contributed by atoms with Crippen molar-refractivity contribution in [3.63, 3.8) is 0 Å². The van der Waals surface area contributed by atoms with Gasteiger partial charge in [-0.2, -0.15) is 0 Å². The number of hydrogen-bond donors (Lipinski definition) is 1. The van der Waals surface area contributed by atoms with E-state index < -0.39 is 0 Å². The molecule has 0 aromatic carbocycles. The molecular formula is C15H31NO2. The van der Waals surface area contributed by atoms with Crippen LogP contribution in [0.2, 0.25) is 0 Å². The minimum atomic E-state index is 0.157. The summed E-state index contributed by atoms with van der Waals surface area (Å²) >= 11 is 0. The van der Waals surface area contributed by atoms with Gasteiger partial charge in [0.25, 0.3) is 0 Å². The van der Waals surface area contributed by atoms with Crippen molar-refractivity contribution in [3.05, 3.63) is 0 Å². The standard InChI is InChI=1S/C15H31NO2/c1-13(2)12-16-9-8-15(6-5-7-15)18-11-10-17-14(3)4/h13-14,16H,5-12H2,1-4H3. The van der Waals surface area contributed by atoms with Crippen LogP contribution >= 0.6 is 0 Å². The zero-order valence-corrected chi connectivity index (χ0v) is 12.6. The lowest BCUT2D eigenvalue weighted by Gasteiger charge is -2.42. The van der Waals surface area contributed by atoms with Gasteiger partial charge >= 0.3 is 0 Å². The van der Waals surface area contributed by atoms with Crippen molar-refractivity contribution in [3.8, 4) is 0 Å². The molecule has 18 heavy (non-hydrogen) atoms. The number of hydrogen-bond acceptors (Lipinski definition) is 3. The van der Waals surface area contributed by atoms with Gasteiger partial charge in [0.05, 0.1) is 24.9 Å². The molecular weight excluding hydrogens is 226 g/mol. The highest BCUT2D eigenvalue weighted by atomic mass is 16.5. The van der Waals surface area contributed by atoms with Crippen LogP contribution in [0, 0.1) is 5.92 Å². The summed E-state index contributed by atoms with van der Waals surface area (Å²) in [7, 11) is 0. The molecule has 0 aromatic rings. The molecule has 1 rings (SSSR count). The lowest BCUT2D eigenvalue weighted by molar-refractivity contribution is -0.121. The maximum Gasteiger partial charge on any atom is 0.0708 e. The summed E-state index contributed by atoms with van der Waals surface area (Å²) in [5.41, 5.74) is 0.157. The summed E-state index contributed by atoms with van der Waals surface area (Å²) in [6.07, 6.45) is 5.20. The fraction of sp³-hybridized carbons (Fsp3) is 1.00. The van der Waals surface area contributed by atoms with Gasteiger partial charge in [0.2, 0.25) is 0 Å². The molecule has 0 bridgehead atoms. The Balaban J connectivity index is 2.09. The Labute approximate surface area is 113 Å². The van der Waals surface area contributed by atoms with Crippen LogP contribution in [-0.4, -0.2) is 38.0 Å². The van der Waals surface area contributed by atoms with Gasteiger partial charge in [0.1, 0.15) is 0 Å². The van der Waals surface area contributed by atoms with Crippen LogP contribution in [-0.2, 0) is 9.47 Å². The Morgan fingerprint density at radius 3 is 2.33 bits per heavy atom. The molecule has 3 nitrogen and oxygen atoms in total. The minimum absolute atomic E-state index is 0.157. The van der Waals surface area contributed by atoms with E-state index in [1.807, 2.05) is 0 Å². The predicted octanol–water partition coefficient (Wildman–Crippen LogP) is 2.99. The third-order valence-corrected chi connectivity index (χ3v) is 3.52. The van der Waals surface area contributed by atoms with Crippen LogP contribution in [0.4, 0.5) is 0 Å². The summed E-state index contributed by atoms with van der Waals surface area (Å²) in [5, 5.41) is 3.51. The summed E-state index contributed by atoms with van der Waals surface area (Å²) in [6, 6.07) is 0. The second kappa shape index (κ2) is 8.13. The van der Waals surface area contributed by atoms with Gasteiger partial charge in [-0.25, -0.2) is 0 Å². The first-order chi connectivity index (χ1) is 8.54. The second-order valence-corrected chi connectivity index (χ2v) is 6.15. The molecule has 1 aliphatic rings. The van der Waals surface area contributed by atoms with E-state index in [1.54, 1.807) is 0 Å². The van der Waals surface area contributed by atoms with E-state index in [4.69, 9.17) is 9.47 Å². The van der Waals surface area contributed by atoms with Gasteiger partial charge in [0, 0.05) is 0 Å². The molecule has 108 valence electrons. The smallest absolute Gasteiger partial charge is 0.0708 e. The highest BCUT2D eigenvalue weighted by Crippen LogP contribution is 2.38. The molecule has 0 spiro atoms. The Morgan fingerprint density at radius 2 is 1.83 bits per heavy atom. The van der Waals surface area contributed by atoms with Crippen LogP contribution in [0.25, 0.3) is 0 Å². The highest BCUT2D eigenvalue weighted by molar-refractivity contribution is 4.90. The molecule has 0 radical (unpaired) electrons. The maximum absolute atomic E-state index is 6.06. The summed E-state index contributed by atoms with van der Waals surface area (Å²) < 4.78 is 11.6. The third-order valence-electron chi connectivity index (χ3n) is 3.52. The SMILES string of the molecule is CC(C)CNCCC1(OCCOC(C)C)CCC1. The number of rotatable bonds is 10. The molecule has 3 heteroatoms. The van der Waals surface area contributed by atoms with Crippen LogP contribution in [0.5, 0.6) is 0 Å². The Morgan fingerprint density at radius 1 is 1.11 bits per heavy atom. The van der Waals surface area contributed by atoms with Crippen LogP contribution in [0.3, 0.4) is 0 Å². The maximum atomic E-state index is 6.06. The normalized spacial score (nSPS) is 18.3. The molecule has 0 saturated heterocycles. The zero-order valence-electron chi connectivity index (χ0n) is 12.6. The van der Waals surface area contributed by atoms with E-state index in [2.05, 4.69) is 33.0 Å². The Hall–Kier alpha value is -0.120. The highest BCUT2D eigenvalue weighted by Gasteiger charge is 2.37. The average Bonchev–Trinajstić information content (AvgIpc) is 2.24. The molecule has 0 unspecified atom stereocenters. The van der Waals surface area contributed by atoms with Gasteiger partial charge in [-0.15, -0.1) is 0 Å². The van der Waals surface area contributed by atoms with Crippen LogP contribution in [0.1, 0.15) is 53.4 Å². The average molecular weight is 257 g/mol. The molecule has 1 aliphatic carbocycles. The first kappa shape index (κ1) is 15.9. The fourth-order valence-electron chi connectivity index (χ4n) is 2.29. The van der Waals surface area contributed by atoms with Gasteiger partial charge in [-0.1, -0.05) is 13.8 Å². The van der Waals surface area contributed by atoms with Crippen molar-refractivity contribution in [2.75, 3.05) is 26.3 Å². The molecule has 1 fully saturated rings. The lowest BCUT2D eigenvalue weighted by Crippen LogP contribution is -2.43. The first-order valence-corrected chi connectivity index (χ1v) is 7.50. The summed E-state index contributed by atoms with van der Waals surface area (Å²) in [4.78, 5) is 0. The Bertz CT molecular complexity index is 195. The third kappa shape index (κ3) is 6.17. The molecule has 0 heterocycles. The molecule has 1 N–H and O–H groups in total. The Kier molecular flexibility index (Phi) is 7.20. The van der Waals surface area contributed by atoms with E-state index in [1.165, 1.54) is 19.3 Å². The van der Waals surface area contributed by atoms with Crippen LogP contribution < -0.4 is 5.32 Å². The lowest BCUT2D eigenvalue weighted by atomic mass is 9.77. The summed E-state index contributed by atoms with van der Waals surface area (Å²) in [6.45, 7) is 12.2. The molecule has 1 saturated carbocycles. The van der Waals surface area contributed by atoms with Crippen LogP contribution in [0.15, 0.2) is 0 Å². The van der Waals surface area contributed by atoms with E-state index in [-0.39, 0.29) is 5.60 Å². The largest absolute Gasteiger partial charge is 0.376 e. The monoisotopic (exact) mass is 257 g/mol. The van der Waals surface area contributed by atoms with E-state index in [9.17, 15) is 0 Å². The molecule has 0 aromatic heterocycles. The minimum Gasteiger partial charge on any atom is -0.376 e. The fourth-order valence-corrected chi connectivity index (χ4v) is 2.29. The number of nitrogens with one attached hydrogen (secondary N) is 1. The molecule has 0 amide bonds. The zero-order chi connectivity index (χ0) is 13.4. The van der Waals surface area contributed by atoms with Crippen molar-refractivity contribution < 1.29 is 9.47 Å². The van der Waals surface area contributed by atoms with E-state index >= 15 is 0 Å². The van der Waals surface area contributed by atoms with Gasteiger partial charge in [0.15, 0.2) is 0 Å². The van der Waals surface area contributed by atoms with Crippen molar-refractivity contribution in [2.45, 2.75) is 65.1 Å². The van der Waals surface area contributed by atoms with Crippen molar-refractivity contribution in [1.82, 2.24) is 5.32 Å².